The van der Waals surface area contributed by atoms with E-state index in [2.05, 4.69) is 13.8 Å². The van der Waals surface area contributed by atoms with E-state index in [1.807, 2.05) is 5.01 Å². The van der Waals surface area contributed by atoms with Crippen molar-refractivity contribution in [1.29, 1.82) is 0 Å². The summed E-state index contributed by atoms with van der Waals surface area (Å²) in [6, 6.07) is 0. The summed E-state index contributed by atoms with van der Waals surface area (Å²) in [4.78, 5) is 0. The van der Waals surface area contributed by atoms with Gasteiger partial charge < -0.3 is 0 Å². The van der Waals surface area contributed by atoms with Crippen molar-refractivity contribution < 1.29 is 0 Å². The minimum Gasteiger partial charge on any atom is -0.269 e. The van der Waals surface area contributed by atoms with Crippen LogP contribution in [-0.2, 0) is 0 Å². The Hall–Kier alpha value is -0.0800. The van der Waals surface area contributed by atoms with Gasteiger partial charge in [-0.05, 0) is 31.1 Å². The Morgan fingerprint density at radius 1 is 1.55 bits per heavy atom. The summed E-state index contributed by atoms with van der Waals surface area (Å²) in [7, 11) is 0. The molecule has 1 fully saturated rings. The van der Waals surface area contributed by atoms with Gasteiger partial charge in [0.2, 0.25) is 0 Å². The molecule has 0 aliphatic carbocycles. The van der Waals surface area contributed by atoms with Crippen LogP contribution < -0.4 is 5.84 Å². The summed E-state index contributed by atoms with van der Waals surface area (Å²) in [5.74, 6) is 7.41. The number of hydrogen-bond acceptors (Lipinski definition) is 2. The van der Waals surface area contributed by atoms with Crippen molar-refractivity contribution in [2.75, 3.05) is 13.1 Å². The molecule has 0 amide bonds. The van der Waals surface area contributed by atoms with Crippen LogP contribution in [0.5, 0.6) is 0 Å². The Balaban J connectivity index is 2.23. The van der Waals surface area contributed by atoms with E-state index >= 15 is 0 Å². The molecule has 1 rings (SSSR count). The number of piperidine rings is 1. The average Bonchev–Trinajstić information content (AvgIpc) is 1.85. The first-order valence-corrected chi connectivity index (χ1v) is 4.68. The summed E-state index contributed by atoms with van der Waals surface area (Å²) < 4.78 is 0. The molecule has 2 N–H and O–H groups in total. The standard InChI is InChI=1S/C9H20N2/c1-8(2)6-9-4-3-5-11(10)7-9/h8-9H,3-7,10H2,1-2H3. The van der Waals surface area contributed by atoms with E-state index in [9.17, 15) is 0 Å². The second kappa shape index (κ2) is 4.07. The lowest BCUT2D eigenvalue weighted by molar-refractivity contribution is 0.162. The molecular formula is C9H20N2. The minimum absolute atomic E-state index is 0.825. The first-order chi connectivity index (χ1) is 5.18. The molecule has 1 atom stereocenters. The summed E-state index contributed by atoms with van der Waals surface area (Å²) in [6.07, 6.45) is 4.01. The molecule has 66 valence electrons. The summed E-state index contributed by atoms with van der Waals surface area (Å²) in [5.41, 5.74) is 0. The molecule has 0 spiro atoms. The van der Waals surface area contributed by atoms with Gasteiger partial charge in [0.05, 0.1) is 0 Å². The predicted octanol–water partition coefficient (Wildman–Crippen LogP) is 1.62. The van der Waals surface area contributed by atoms with Crippen LogP contribution in [0.15, 0.2) is 0 Å². The number of rotatable bonds is 2. The van der Waals surface area contributed by atoms with Crippen LogP contribution in [0, 0.1) is 11.8 Å². The van der Waals surface area contributed by atoms with Crippen molar-refractivity contribution in [3.8, 4) is 0 Å². The summed E-state index contributed by atoms with van der Waals surface area (Å²) in [5, 5.41) is 1.97. The van der Waals surface area contributed by atoms with Crippen LogP contribution >= 0.6 is 0 Å². The van der Waals surface area contributed by atoms with Gasteiger partial charge in [-0.2, -0.15) is 0 Å². The fourth-order valence-corrected chi connectivity index (χ4v) is 1.96. The van der Waals surface area contributed by atoms with E-state index in [1.54, 1.807) is 0 Å². The monoisotopic (exact) mass is 156 g/mol. The van der Waals surface area contributed by atoms with Crippen LogP contribution in [0.25, 0.3) is 0 Å². The van der Waals surface area contributed by atoms with Crippen LogP contribution in [-0.4, -0.2) is 18.1 Å². The SMILES string of the molecule is CC(C)CC1CCCN(N)C1. The van der Waals surface area contributed by atoms with Crippen molar-refractivity contribution >= 4 is 0 Å². The number of hydrazine groups is 1. The zero-order valence-corrected chi connectivity index (χ0v) is 7.71. The van der Waals surface area contributed by atoms with E-state index in [-0.39, 0.29) is 0 Å². The highest BCUT2D eigenvalue weighted by Gasteiger charge is 2.17. The third-order valence-electron chi connectivity index (χ3n) is 2.36. The van der Waals surface area contributed by atoms with Gasteiger partial charge in [0.25, 0.3) is 0 Å². The van der Waals surface area contributed by atoms with Crippen LogP contribution in [0.4, 0.5) is 0 Å². The average molecular weight is 156 g/mol. The van der Waals surface area contributed by atoms with Crippen molar-refractivity contribution in [3.63, 3.8) is 0 Å². The third kappa shape index (κ3) is 3.21. The zero-order valence-electron chi connectivity index (χ0n) is 7.71. The molecule has 1 unspecified atom stereocenters. The van der Waals surface area contributed by atoms with E-state index < -0.39 is 0 Å². The Kier molecular flexibility index (Phi) is 3.34. The Morgan fingerprint density at radius 2 is 2.27 bits per heavy atom. The highest BCUT2D eigenvalue weighted by Crippen LogP contribution is 2.21. The largest absolute Gasteiger partial charge is 0.269 e. The predicted molar refractivity (Wildman–Crippen MR) is 47.9 cm³/mol. The highest BCUT2D eigenvalue weighted by molar-refractivity contribution is 4.70. The van der Waals surface area contributed by atoms with Gasteiger partial charge in [0, 0.05) is 13.1 Å². The number of nitrogens with two attached hydrogens (primary N) is 1. The lowest BCUT2D eigenvalue weighted by Crippen LogP contribution is -2.40. The van der Waals surface area contributed by atoms with E-state index in [1.165, 1.54) is 19.3 Å². The molecule has 1 heterocycles. The molecule has 0 aromatic carbocycles. The number of nitrogens with zero attached hydrogens (tertiary/aromatic N) is 1. The molecular weight excluding hydrogens is 136 g/mol. The Labute approximate surface area is 69.7 Å². The molecule has 0 aromatic rings. The van der Waals surface area contributed by atoms with Crippen LogP contribution in [0.1, 0.15) is 33.1 Å². The molecule has 2 nitrogen and oxygen atoms in total. The van der Waals surface area contributed by atoms with Gasteiger partial charge in [0.1, 0.15) is 0 Å². The second-order valence-corrected chi connectivity index (χ2v) is 4.13. The molecule has 0 bridgehead atoms. The lowest BCUT2D eigenvalue weighted by Gasteiger charge is -2.30. The Bertz CT molecular complexity index is 110. The van der Waals surface area contributed by atoms with Gasteiger partial charge >= 0.3 is 0 Å². The van der Waals surface area contributed by atoms with Crippen molar-refractivity contribution in [1.82, 2.24) is 5.01 Å². The molecule has 1 saturated heterocycles. The molecule has 1 aliphatic rings. The Morgan fingerprint density at radius 3 is 2.82 bits per heavy atom. The summed E-state index contributed by atoms with van der Waals surface area (Å²) in [6.45, 7) is 6.78. The third-order valence-corrected chi connectivity index (χ3v) is 2.36. The minimum atomic E-state index is 0.825. The fourth-order valence-electron chi connectivity index (χ4n) is 1.96. The number of hydrogen-bond donors (Lipinski definition) is 1. The van der Waals surface area contributed by atoms with Gasteiger partial charge in [-0.15, -0.1) is 0 Å². The van der Waals surface area contributed by atoms with Gasteiger partial charge in [-0.3, -0.25) is 5.84 Å². The van der Waals surface area contributed by atoms with Crippen molar-refractivity contribution in [2.24, 2.45) is 17.7 Å². The zero-order chi connectivity index (χ0) is 8.27. The van der Waals surface area contributed by atoms with Gasteiger partial charge in [-0.1, -0.05) is 13.8 Å². The molecule has 0 saturated carbocycles. The van der Waals surface area contributed by atoms with Crippen molar-refractivity contribution in [3.05, 3.63) is 0 Å². The fraction of sp³-hybridized carbons (Fsp3) is 1.00. The van der Waals surface area contributed by atoms with Gasteiger partial charge in [0.15, 0.2) is 0 Å². The maximum absolute atomic E-state index is 5.73. The van der Waals surface area contributed by atoms with Crippen molar-refractivity contribution in [2.45, 2.75) is 33.1 Å². The molecule has 0 radical (unpaired) electrons. The molecule has 0 aromatic heterocycles. The highest BCUT2D eigenvalue weighted by atomic mass is 15.4. The van der Waals surface area contributed by atoms with E-state index in [4.69, 9.17) is 5.84 Å². The normalized spacial score (nSPS) is 27.8. The first-order valence-electron chi connectivity index (χ1n) is 4.68. The first kappa shape index (κ1) is 9.01. The molecule has 11 heavy (non-hydrogen) atoms. The second-order valence-electron chi connectivity index (χ2n) is 4.13. The molecule has 2 heteroatoms. The lowest BCUT2D eigenvalue weighted by atomic mass is 9.90. The van der Waals surface area contributed by atoms with Crippen LogP contribution in [0.2, 0.25) is 0 Å². The maximum Gasteiger partial charge on any atom is 0.0157 e. The summed E-state index contributed by atoms with van der Waals surface area (Å²) >= 11 is 0. The quantitative estimate of drug-likeness (QED) is 0.616. The topological polar surface area (TPSA) is 29.3 Å². The van der Waals surface area contributed by atoms with E-state index in [0.717, 1.165) is 24.9 Å². The van der Waals surface area contributed by atoms with Gasteiger partial charge in [-0.25, -0.2) is 5.01 Å². The maximum atomic E-state index is 5.73. The smallest absolute Gasteiger partial charge is 0.0157 e. The van der Waals surface area contributed by atoms with Crippen LogP contribution in [0.3, 0.4) is 0 Å². The van der Waals surface area contributed by atoms with E-state index in [0.29, 0.717) is 0 Å². The molecule has 1 aliphatic heterocycles.